The molecule has 0 amide bonds. The Morgan fingerprint density at radius 2 is 1.03 bits per heavy atom. The van der Waals surface area contributed by atoms with Gasteiger partial charge in [-0.25, -0.2) is 0 Å². The second-order valence-electron chi connectivity index (χ2n) is 14.7. The summed E-state index contributed by atoms with van der Waals surface area (Å²) in [6.07, 6.45) is 3.12. The van der Waals surface area contributed by atoms with E-state index in [1.807, 2.05) is 0 Å². The van der Waals surface area contributed by atoms with E-state index >= 15 is 0 Å². The maximum atomic E-state index is 11.6. The van der Waals surface area contributed by atoms with Gasteiger partial charge in [-0.05, 0) is 51.8 Å². The minimum atomic E-state index is 0.189. The fourth-order valence-electron chi connectivity index (χ4n) is 6.47. The Bertz CT molecular complexity index is 757. The van der Waals surface area contributed by atoms with E-state index in [4.69, 9.17) is 0 Å². The molecule has 2 unspecified atom stereocenters. The fraction of sp³-hybridized carbons (Fsp3) is 0.906. The average Bonchev–Trinajstić information content (AvgIpc) is 2.72. The van der Waals surface area contributed by atoms with Crippen molar-refractivity contribution < 1.29 is 14.4 Å². The van der Waals surface area contributed by atoms with Gasteiger partial charge in [-0.3, -0.25) is 14.4 Å². The summed E-state index contributed by atoms with van der Waals surface area (Å²) in [5.74, 6) is 5.53. The molecule has 0 aliphatic heterocycles. The van der Waals surface area contributed by atoms with Gasteiger partial charge < -0.3 is 0 Å². The van der Waals surface area contributed by atoms with Crippen molar-refractivity contribution in [1.29, 1.82) is 0 Å². The summed E-state index contributed by atoms with van der Waals surface area (Å²) in [5.41, 5.74) is 0.631. The van der Waals surface area contributed by atoms with Crippen LogP contribution < -0.4 is 0 Å². The summed E-state index contributed by atoms with van der Waals surface area (Å²) >= 11 is 0. The third kappa shape index (κ3) is 7.51. The van der Waals surface area contributed by atoms with Crippen molar-refractivity contribution in [3.63, 3.8) is 0 Å². The summed E-state index contributed by atoms with van der Waals surface area (Å²) < 4.78 is 0. The van der Waals surface area contributed by atoms with Crippen LogP contribution >= 0.6 is 0 Å². The van der Waals surface area contributed by atoms with Crippen molar-refractivity contribution in [3.05, 3.63) is 0 Å². The summed E-state index contributed by atoms with van der Waals surface area (Å²) in [4.78, 5) is 34.4. The van der Waals surface area contributed by atoms with Gasteiger partial charge in [0.25, 0.3) is 0 Å². The van der Waals surface area contributed by atoms with E-state index in [2.05, 4.69) is 96.9 Å². The Morgan fingerprint density at radius 1 is 0.571 bits per heavy atom. The van der Waals surface area contributed by atoms with Crippen molar-refractivity contribution in [2.45, 2.75) is 123 Å². The van der Waals surface area contributed by atoms with Crippen molar-refractivity contribution in [3.8, 4) is 0 Å². The van der Waals surface area contributed by atoms with Gasteiger partial charge in [-0.15, -0.1) is 0 Å². The molecule has 0 spiro atoms. The van der Waals surface area contributed by atoms with Crippen LogP contribution in [-0.4, -0.2) is 17.3 Å². The van der Waals surface area contributed by atoms with Crippen molar-refractivity contribution in [2.24, 2.45) is 63.6 Å². The molecule has 3 nitrogen and oxygen atoms in total. The van der Waals surface area contributed by atoms with Crippen LogP contribution in [0.1, 0.15) is 123 Å². The summed E-state index contributed by atoms with van der Waals surface area (Å²) in [5, 5.41) is 0. The van der Waals surface area contributed by atoms with E-state index in [1.165, 1.54) is 0 Å². The van der Waals surface area contributed by atoms with Gasteiger partial charge in [0.1, 0.15) is 17.3 Å². The van der Waals surface area contributed by atoms with Crippen molar-refractivity contribution in [1.82, 2.24) is 0 Å². The van der Waals surface area contributed by atoms with Gasteiger partial charge in [-0.2, -0.15) is 0 Å². The number of ketones is 3. The second-order valence-corrected chi connectivity index (χ2v) is 14.7. The monoisotopic (exact) mass is 490 g/mol. The topological polar surface area (TPSA) is 51.2 Å². The standard InChI is InChI=1S/2C11H20O.C10H18O/c1-7-8(2)10(12)6-11(4,5)9(7)3;1-7-6-10(12)9(3)11(4,5)8(7)2;1-7-5-9(11)6-10(3,4)8(7)2/h2*7-9H,6H2,1-5H3;7-8H,5-6H2,1-4H3/t7-,8?,9-;7-,8-,9?;7-,8-/m111/s1. The molecule has 0 radical (unpaired) electrons. The smallest absolute Gasteiger partial charge is 0.136 e. The van der Waals surface area contributed by atoms with Gasteiger partial charge in [0.2, 0.25) is 0 Å². The largest absolute Gasteiger partial charge is 0.300 e. The molecule has 8 atom stereocenters. The van der Waals surface area contributed by atoms with Crippen LogP contribution in [0.4, 0.5) is 0 Å². The number of carbonyl (C=O) groups excluding carboxylic acids is 3. The molecule has 0 aromatic carbocycles. The first kappa shape index (κ1) is 32.0. The van der Waals surface area contributed by atoms with Gasteiger partial charge in [-0.1, -0.05) is 96.9 Å². The predicted octanol–water partition coefficient (Wildman–Crippen LogP) is 8.44. The maximum absolute atomic E-state index is 11.6. The van der Waals surface area contributed by atoms with Crippen LogP contribution in [0.2, 0.25) is 0 Å². The normalized spacial score (nSPS) is 40.1. The highest BCUT2D eigenvalue weighted by Gasteiger charge is 2.43. The van der Waals surface area contributed by atoms with Crippen molar-refractivity contribution >= 4 is 17.3 Å². The van der Waals surface area contributed by atoms with E-state index in [1.54, 1.807) is 0 Å². The number of Topliss-reactive ketones (excluding diaryl/α,β-unsaturated/α-hetero) is 3. The number of hydrogen-bond acceptors (Lipinski definition) is 3. The SMILES string of the molecule is CC1C(=O)CC(C)(C)[C@H](C)[C@@H]1C.CC1C(=O)C[C@@H](C)[C@@H](C)C1(C)C.C[C@@H]1CC(=O)CC(C)(C)[C@@H]1C. The predicted molar refractivity (Wildman–Crippen MR) is 148 cm³/mol. The molecule has 3 saturated carbocycles. The van der Waals surface area contributed by atoms with E-state index < -0.39 is 0 Å². The quantitative estimate of drug-likeness (QED) is 0.342. The zero-order chi connectivity index (χ0) is 27.7. The molecular formula is C32H58O3. The summed E-state index contributed by atoms with van der Waals surface area (Å²) in [7, 11) is 0. The van der Waals surface area contributed by atoms with E-state index in [0.29, 0.717) is 52.9 Å². The Balaban J connectivity index is 0.000000263. The Morgan fingerprint density at radius 3 is 1.51 bits per heavy atom. The van der Waals surface area contributed by atoms with Gasteiger partial charge in [0.05, 0.1) is 0 Å². The average molecular weight is 491 g/mol. The lowest BCUT2D eigenvalue weighted by Gasteiger charge is -2.44. The molecule has 35 heavy (non-hydrogen) atoms. The second kappa shape index (κ2) is 11.6. The molecule has 0 heterocycles. The minimum absolute atomic E-state index is 0.189. The molecule has 3 rings (SSSR count). The minimum Gasteiger partial charge on any atom is -0.300 e. The number of carbonyl (C=O) groups is 3. The molecule has 3 aliphatic carbocycles. The van der Waals surface area contributed by atoms with Crippen LogP contribution in [0.15, 0.2) is 0 Å². The summed E-state index contributed by atoms with van der Waals surface area (Å²) in [6, 6.07) is 0. The van der Waals surface area contributed by atoms with Crippen LogP contribution in [-0.2, 0) is 14.4 Å². The third-order valence-corrected chi connectivity index (χ3v) is 11.4. The first-order valence-electron chi connectivity index (χ1n) is 14.2. The zero-order valence-corrected chi connectivity index (χ0v) is 25.7. The molecular weight excluding hydrogens is 432 g/mol. The molecule has 0 bridgehead atoms. The highest BCUT2D eigenvalue weighted by Crippen LogP contribution is 2.46. The molecule has 3 heteroatoms. The first-order valence-corrected chi connectivity index (χ1v) is 14.2. The van der Waals surface area contributed by atoms with Gasteiger partial charge in [0, 0.05) is 37.5 Å². The zero-order valence-electron chi connectivity index (χ0n) is 25.7. The number of rotatable bonds is 0. The molecule has 0 saturated heterocycles. The molecule has 0 aromatic rings. The molecule has 204 valence electrons. The summed E-state index contributed by atoms with van der Waals surface area (Å²) in [6.45, 7) is 30.8. The highest BCUT2D eigenvalue weighted by molar-refractivity contribution is 5.83. The molecule has 3 aliphatic rings. The molecule has 0 aromatic heterocycles. The van der Waals surface area contributed by atoms with E-state index in [0.717, 1.165) is 25.7 Å². The van der Waals surface area contributed by atoms with Crippen LogP contribution in [0.25, 0.3) is 0 Å². The van der Waals surface area contributed by atoms with Crippen molar-refractivity contribution in [2.75, 3.05) is 0 Å². The van der Waals surface area contributed by atoms with Gasteiger partial charge >= 0.3 is 0 Å². The lowest BCUT2D eigenvalue weighted by molar-refractivity contribution is -0.134. The lowest BCUT2D eigenvalue weighted by atomic mass is 9.59. The lowest BCUT2D eigenvalue weighted by Crippen LogP contribution is -2.43. The maximum Gasteiger partial charge on any atom is 0.136 e. The molecule has 0 N–H and O–H groups in total. The third-order valence-electron chi connectivity index (χ3n) is 11.4. The Kier molecular flexibility index (Phi) is 10.6. The van der Waals surface area contributed by atoms with Crippen LogP contribution in [0, 0.1) is 63.6 Å². The van der Waals surface area contributed by atoms with Crippen LogP contribution in [0.5, 0.6) is 0 Å². The first-order chi connectivity index (χ1) is 15.7. The Labute approximate surface area is 218 Å². The van der Waals surface area contributed by atoms with E-state index in [9.17, 15) is 14.4 Å². The van der Waals surface area contributed by atoms with Gasteiger partial charge in [0.15, 0.2) is 0 Å². The molecule has 3 fully saturated rings. The van der Waals surface area contributed by atoms with Crippen LogP contribution in [0.3, 0.4) is 0 Å². The number of hydrogen-bond donors (Lipinski definition) is 0. The fourth-order valence-corrected chi connectivity index (χ4v) is 6.47. The Hall–Kier alpha value is -0.990. The van der Waals surface area contributed by atoms with E-state index in [-0.39, 0.29) is 28.1 Å². The highest BCUT2D eigenvalue weighted by atomic mass is 16.1.